The van der Waals surface area contributed by atoms with Crippen LogP contribution in [0.5, 0.6) is 0 Å². The van der Waals surface area contributed by atoms with Crippen molar-refractivity contribution in [3.8, 4) is 11.3 Å². The van der Waals surface area contributed by atoms with Gasteiger partial charge in [0.2, 0.25) is 5.91 Å². The fraction of sp³-hybridized carbons (Fsp3) is 0.476. The first-order chi connectivity index (χ1) is 13.2. The maximum absolute atomic E-state index is 12.7. The lowest BCUT2D eigenvalue weighted by Crippen LogP contribution is -3.20. The Balaban J connectivity index is 1.41. The van der Waals surface area contributed by atoms with Gasteiger partial charge in [-0.15, -0.1) is 11.7 Å². The van der Waals surface area contributed by atoms with Gasteiger partial charge in [0.25, 0.3) is 0 Å². The molecule has 5 rings (SSSR count). The summed E-state index contributed by atoms with van der Waals surface area (Å²) in [6.45, 7) is 7.34. The van der Waals surface area contributed by atoms with E-state index in [-0.39, 0.29) is 11.8 Å². The Bertz CT molecular complexity index is 802. The number of hydrogen-bond donors (Lipinski definition) is 1. The van der Waals surface area contributed by atoms with Crippen molar-refractivity contribution in [1.29, 1.82) is 0 Å². The van der Waals surface area contributed by atoms with Gasteiger partial charge in [-0.05, 0) is 5.92 Å². The number of carbonyl (C=O) groups excluding carboxylic acids is 1. The van der Waals surface area contributed by atoms with Crippen molar-refractivity contribution in [2.75, 3.05) is 26.7 Å². The number of aromatic nitrogens is 3. The van der Waals surface area contributed by atoms with Crippen LogP contribution in [0.1, 0.15) is 12.8 Å². The summed E-state index contributed by atoms with van der Waals surface area (Å²) in [5.74, 6) is 0.928. The number of amides is 1. The molecule has 0 saturated carbocycles. The first kappa shape index (κ1) is 17.9. The van der Waals surface area contributed by atoms with Gasteiger partial charge in [-0.3, -0.25) is 4.79 Å². The van der Waals surface area contributed by atoms with Crippen molar-refractivity contribution in [2.45, 2.75) is 25.4 Å². The van der Waals surface area contributed by atoms with Crippen LogP contribution in [0, 0.1) is 11.8 Å². The lowest BCUT2D eigenvalue weighted by atomic mass is 9.75. The lowest BCUT2D eigenvalue weighted by Gasteiger charge is -2.46. The van der Waals surface area contributed by atoms with Gasteiger partial charge in [-0.2, -0.15) is 0 Å². The SMILES string of the molecule is C=CCN(C)C(=O)[C@H]1C[NH+]2CC[C@@H]1C[C@@H]2Cn1cc(-c2ccccc2)nn1. The standard InChI is InChI=1S/C21H27N5O/c1-3-10-24(2)21(27)19-14-25-11-9-17(19)12-18(25)13-26-15-20(22-23-26)16-7-5-4-6-8-16/h3-8,15,17-19H,1,9-14H2,2H3/p+1/t17-,18-,19+/m1/s1. The monoisotopic (exact) mass is 366 g/mol. The predicted octanol–water partition coefficient (Wildman–Crippen LogP) is 0.883. The van der Waals surface area contributed by atoms with E-state index >= 15 is 0 Å². The highest BCUT2D eigenvalue weighted by Gasteiger charge is 2.47. The molecule has 1 unspecified atom stereocenters. The molecule has 3 saturated heterocycles. The lowest BCUT2D eigenvalue weighted by molar-refractivity contribution is -0.945. The first-order valence-electron chi connectivity index (χ1n) is 9.81. The van der Waals surface area contributed by atoms with Crippen molar-refractivity contribution in [2.24, 2.45) is 11.8 Å². The van der Waals surface area contributed by atoms with Gasteiger partial charge < -0.3 is 9.80 Å². The van der Waals surface area contributed by atoms with E-state index in [9.17, 15) is 4.79 Å². The Kier molecular flexibility index (Phi) is 5.07. The van der Waals surface area contributed by atoms with E-state index in [0.717, 1.165) is 43.7 Å². The highest BCUT2D eigenvalue weighted by Crippen LogP contribution is 2.29. The number of hydrogen-bond acceptors (Lipinski definition) is 3. The molecule has 3 aliphatic heterocycles. The number of rotatable bonds is 6. The number of likely N-dealkylation sites (N-methyl/N-ethyl adjacent to an activating group) is 1. The summed E-state index contributed by atoms with van der Waals surface area (Å²) in [6, 6.07) is 10.7. The molecule has 3 aliphatic rings. The van der Waals surface area contributed by atoms with E-state index in [4.69, 9.17) is 0 Å². The third-order valence-corrected chi connectivity index (χ3v) is 6.16. The molecule has 0 spiro atoms. The van der Waals surface area contributed by atoms with E-state index in [0.29, 0.717) is 18.5 Å². The van der Waals surface area contributed by atoms with Crippen LogP contribution in [0.4, 0.5) is 0 Å². The van der Waals surface area contributed by atoms with Crippen molar-refractivity contribution in [3.63, 3.8) is 0 Å². The van der Waals surface area contributed by atoms with Crippen molar-refractivity contribution < 1.29 is 9.69 Å². The first-order valence-corrected chi connectivity index (χ1v) is 9.81. The zero-order valence-corrected chi connectivity index (χ0v) is 15.9. The summed E-state index contributed by atoms with van der Waals surface area (Å²) in [5.41, 5.74) is 2.01. The fourth-order valence-corrected chi connectivity index (χ4v) is 4.72. The molecular formula is C21H28N5O+. The summed E-state index contributed by atoms with van der Waals surface area (Å²) in [4.78, 5) is 16.1. The third-order valence-electron chi connectivity index (χ3n) is 6.16. The number of nitrogens with zero attached hydrogens (tertiary/aromatic N) is 4. The normalized spacial score (nSPS) is 26.7. The summed E-state index contributed by atoms with van der Waals surface area (Å²) < 4.78 is 1.97. The number of carbonyl (C=O) groups is 1. The minimum atomic E-state index is 0.158. The van der Waals surface area contributed by atoms with Gasteiger partial charge in [0.05, 0.1) is 31.7 Å². The average molecular weight is 366 g/mol. The zero-order chi connectivity index (χ0) is 18.8. The quantitative estimate of drug-likeness (QED) is 0.773. The van der Waals surface area contributed by atoms with Crippen molar-refractivity contribution in [3.05, 3.63) is 49.2 Å². The molecule has 2 bridgehead atoms. The van der Waals surface area contributed by atoms with Crippen LogP contribution in [0.2, 0.25) is 0 Å². The van der Waals surface area contributed by atoms with Crippen molar-refractivity contribution in [1.82, 2.24) is 19.9 Å². The molecule has 3 fully saturated rings. The van der Waals surface area contributed by atoms with Gasteiger partial charge >= 0.3 is 0 Å². The molecule has 1 amide bonds. The van der Waals surface area contributed by atoms with Gasteiger partial charge in [0.15, 0.2) is 0 Å². The molecule has 6 nitrogen and oxygen atoms in total. The smallest absolute Gasteiger partial charge is 0.231 e. The molecule has 1 N–H and O–H groups in total. The second kappa shape index (κ2) is 7.64. The molecular weight excluding hydrogens is 338 g/mol. The van der Waals surface area contributed by atoms with Crippen LogP contribution in [0.3, 0.4) is 0 Å². The fourth-order valence-electron chi connectivity index (χ4n) is 4.72. The predicted molar refractivity (Wildman–Crippen MR) is 104 cm³/mol. The molecule has 27 heavy (non-hydrogen) atoms. The number of nitrogens with one attached hydrogen (secondary N) is 1. The number of quaternary nitrogens is 1. The highest BCUT2D eigenvalue weighted by molar-refractivity contribution is 5.79. The molecule has 4 atom stereocenters. The topological polar surface area (TPSA) is 55.5 Å². The number of benzene rings is 1. The molecule has 2 aromatic rings. The Hall–Kier alpha value is -2.47. The van der Waals surface area contributed by atoms with E-state index < -0.39 is 0 Å². The van der Waals surface area contributed by atoms with Gasteiger partial charge in [-0.25, -0.2) is 4.68 Å². The Morgan fingerprint density at radius 3 is 2.93 bits per heavy atom. The van der Waals surface area contributed by atoms with Gasteiger partial charge in [0.1, 0.15) is 11.7 Å². The summed E-state index contributed by atoms with van der Waals surface area (Å²) in [6.07, 6.45) is 6.08. The summed E-state index contributed by atoms with van der Waals surface area (Å²) >= 11 is 0. The molecule has 4 heterocycles. The maximum atomic E-state index is 12.7. The van der Waals surface area contributed by atoms with E-state index in [1.165, 1.54) is 0 Å². The second-order valence-electron chi connectivity index (χ2n) is 7.90. The second-order valence-corrected chi connectivity index (χ2v) is 7.90. The van der Waals surface area contributed by atoms with Crippen LogP contribution >= 0.6 is 0 Å². The van der Waals surface area contributed by atoms with Crippen LogP contribution in [0.15, 0.2) is 49.2 Å². The maximum Gasteiger partial charge on any atom is 0.231 e. The largest absolute Gasteiger partial charge is 0.342 e. The van der Waals surface area contributed by atoms with Gasteiger partial charge in [0, 0.05) is 32.0 Å². The summed E-state index contributed by atoms with van der Waals surface area (Å²) in [7, 11) is 1.88. The van der Waals surface area contributed by atoms with E-state index in [1.807, 2.05) is 41.0 Å². The molecule has 0 aliphatic carbocycles. The Morgan fingerprint density at radius 1 is 1.41 bits per heavy atom. The summed E-state index contributed by atoms with van der Waals surface area (Å²) in [5, 5.41) is 8.68. The van der Waals surface area contributed by atoms with Gasteiger partial charge in [-0.1, -0.05) is 41.6 Å². The molecule has 142 valence electrons. The third kappa shape index (κ3) is 3.67. The van der Waals surface area contributed by atoms with Crippen LogP contribution in [-0.2, 0) is 11.3 Å². The van der Waals surface area contributed by atoms with Crippen LogP contribution in [-0.4, -0.2) is 58.5 Å². The number of fused-ring (bicyclic) bond motifs is 3. The molecule has 1 aromatic carbocycles. The average Bonchev–Trinajstić information content (AvgIpc) is 3.17. The van der Waals surface area contributed by atoms with Crippen LogP contribution < -0.4 is 4.90 Å². The Morgan fingerprint density at radius 2 is 2.22 bits per heavy atom. The minimum Gasteiger partial charge on any atom is -0.342 e. The van der Waals surface area contributed by atoms with Crippen molar-refractivity contribution >= 4 is 5.91 Å². The van der Waals surface area contributed by atoms with Crippen LogP contribution in [0.25, 0.3) is 11.3 Å². The Labute approximate surface area is 160 Å². The highest BCUT2D eigenvalue weighted by atomic mass is 16.2. The number of piperidine rings is 3. The molecule has 1 aromatic heterocycles. The molecule has 6 heteroatoms. The van der Waals surface area contributed by atoms with E-state index in [2.05, 4.69) is 29.0 Å². The van der Waals surface area contributed by atoms with E-state index in [1.54, 1.807) is 11.0 Å². The zero-order valence-electron chi connectivity index (χ0n) is 15.9. The molecule has 0 radical (unpaired) electrons. The minimum absolute atomic E-state index is 0.158.